The van der Waals surface area contributed by atoms with Crippen LogP contribution in [0.1, 0.15) is 5.56 Å². The molecule has 25 heavy (non-hydrogen) atoms. The molecular weight excluding hydrogens is 317 g/mol. The molecule has 132 valence electrons. The van der Waals surface area contributed by atoms with Crippen molar-refractivity contribution in [1.82, 2.24) is 4.90 Å². The molecule has 1 aliphatic rings. The molecule has 0 radical (unpaired) electrons. The lowest BCUT2D eigenvalue weighted by atomic mass is 10.1. The summed E-state index contributed by atoms with van der Waals surface area (Å²) in [7, 11) is 4.13. The topological polar surface area (TPSA) is 26.8 Å². The summed E-state index contributed by atoms with van der Waals surface area (Å²) in [5, 5.41) is 0. The van der Waals surface area contributed by atoms with Crippen LogP contribution in [0.5, 0.6) is 0 Å². The van der Waals surface area contributed by atoms with Crippen molar-refractivity contribution < 1.29 is 9.18 Å². The van der Waals surface area contributed by atoms with Crippen molar-refractivity contribution in [3.05, 3.63) is 59.9 Å². The van der Waals surface area contributed by atoms with Gasteiger partial charge in [0.2, 0.25) is 5.91 Å². The van der Waals surface area contributed by atoms with Gasteiger partial charge in [-0.3, -0.25) is 4.79 Å². The quantitative estimate of drug-likeness (QED) is 0.837. The molecule has 0 saturated heterocycles. The Labute approximate surface area is 148 Å². The molecule has 1 amide bonds. The van der Waals surface area contributed by atoms with E-state index in [0.29, 0.717) is 6.54 Å². The molecule has 4 nitrogen and oxygen atoms in total. The maximum atomic E-state index is 13.0. The van der Waals surface area contributed by atoms with Gasteiger partial charge < -0.3 is 14.7 Å². The second-order valence-corrected chi connectivity index (χ2v) is 6.63. The number of benzene rings is 2. The van der Waals surface area contributed by atoms with E-state index in [1.807, 2.05) is 23.1 Å². The van der Waals surface area contributed by atoms with E-state index in [1.165, 1.54) is 12.1 Å². The Balaban J connectivity index is 1.76. The van der Waals surface area contributed by atoms with Gasteiger partial charge in [0.15, 0.2) is 0 Å². The molecule has 0 N–H and O–H groups in total. The lowest BCUT2D eigenvalue weighted by Crippen LogP contribution is -2.46. The van der Waals surface area contributed by atoms with Gasteiger partial charge in [0, 0.05) is 26.2 Å². The second kappa shape index (κ2) is 7.66. The first-order valence-electron chi connectivity index (χ1n) is 8.58. The van der Waals surface area contributed by atoms with Gasteiger partial charge in [-0.2, -0.15) is 0 Å². The average Bonchev–Trinajstić information content (AvgIpc) is 2.61. The molecule has 0 fully saturated rings. The van der Waals surface area contributed by atoms with Crippen LogP contribution in [0.25, 0.3) is 0 Å². The number of amides is 1. The largest absolute Gasteiger partial charge is 0.367 e. The molecule has 0 unspecified atom stereocenters. The number of carbonyl (C=O) groups excluding carboxylic acids is 1. The number of para-hydroxylation sites is 2. The minimum absolute atomic E-state index is 0.0475. The minimum atomic E-state index is -0.281. The van der Waals surface area contributed by atoms with Gasteiger partial charge in [0.1, 0.15) is 5.82 Å². The van der Waals surface area contributed by atoms with Crippen molar-refractivity contribution in [3.8, 4) is 0 Å². The molecule has 2 aromatic carbocycles. The third kappa shape index (κ3) is 4.17. The Hall–Kier alpha value is -2.40. The van der Waals surface area contributed by atoms with Crippen LogP contribution < -0.4 is 9.80 Å². The Morgan fingerprint density at radius 1 is 1.04 bits per heavy atom. The van der Waals surface area contributed by atoms with Crippen LogP contribution in [0, 0.1) is 5.82 Å². The molecule has 5 heteroatoms. The number of hydrogen-bond donors (Lipinski definition) is 0. The zero-order chi connectivity index (χ0) is 17.8. The van der Waals surface area contributed by atoms with E-state index in [2.05, 4.69) is 30.0 Å². The van der Waals surface area contributed by atoms with E-state index in [1.54, 1.807) is 12.1 Å². The predicted octanol–water partition coefficient (Wildman–Crippen LogP) is 2.78. The summed E-state index contributed by atoms with van der Waals surface area (Å²) < 4.78 is 13.0. The zero-order valence-corrected chi connectivity index (χ0v) is 14.8. The number of likely N-dealkylation sites (N-methyl/N-ethyl adjacent to an activating group) is 1. The SMILES string of the molecule is CN(C)CCN1CCN(C(=O)Cc2ccc(F)cc2)c2ccccc21. The number of rotatable bonds is 5. The summed E-state index contributed by atoms with van der Waals surface area (Å²) in [6, 6.07) is 14.2. The highest BCUT2D eigenvalue weighted by atomic mass is 19.1. The van der Waals surface area contributed by atoms with Gasteiger partial charge in [0.25, 0.3) is 0 Å². The Morgan fingerprint density at radius 3 is 2.40 bits per heavy atom. The number of fused-ring (bicyclic) bond motifs is 1. The van der Waals surface area contributed by atoms with Gasteiger partial charge >= 0.3 is 0 Å². The third-order valence-corrected chi connectivity index (χ3v) is 4.49. The number of halogens is 1. The Bertz CT molecular complexity index is 730. The summed E-state index contributed by atoms with van der Waals surface area (Å²) >= 11 is 0. The van der Waals surface area contributed by atoms with Crippen LogP contribution in [-0.4, -0.2) is 51.1 Å². The van der Waals surface area contributed by atoms with Crippen LogP contribution >= 0.6 is 0 Å². The highest BCUT2D eigenvalue weighted by Gasteiger charge is 2.26. The monoisotopic (exact) mass is 341 g/mol. The van der Waals surface area contributed by atoms with E-state index < -0.39 is 0 Å². The summed E-state index contributed by atoms with van der Waals surface area (Å²) in [6.07, 6.45) is 0.284. The molecule has 0 aliphatic carbocycles. The molecule has 0 spiro atoms. The number of nitrogens with zero attached hydrogens (tertiary/aromatic N) is 3. The molecule has 1 heterocycles. The van der Waals surface area contributed by atoms with Crippen molar-refractivity contribution in [1.29, 1.82) is 0 Å². The predicted molar refractivity (Wildman–Crippen MR) is 99.7 cm³/mol. The zero-order valence-electron chi connectivity index (χ0n) is 14.8. The van der Waals surface area contributed by atoms with Crippen LogP contribution in [0.15, 0.2) is 48.5 Å². The molecular formula is C20H24FN3O. The standard InChI is InChI=1S/C20H24FN3O/c1-22(2)11-12-23-13-14-24(19-6-4-3-5-18(19)23)20(25)15-16-7-9-17(21)10-8-16/h3-10H,11-15H2,1-2H3. The normalized spacial score (nSPS) is 13.9. The summed E-state index contributed by atoms with van der Waals surface area (Å²) in [5.74, 6) is -0.234. The van der Waals surface area contributed by atoms with Crippen molar-refractivity contribution in [2.24, 2.45) is 0 Å². The first-order valence-corrected chi connectivity index (χ1v) is 8.58. The van der Waals surface area contributed by atoms with Crippen LogP contribution in [0.4, 0.5) is 15.8 Å². The molecule has 3 rings (SSSR count). The van der Waals surface area contributed by atoms with Crippen molar-refractivity contribution in [2.75, 3.05) is 50.1 Å². The van der Waals surface area contributed by atoms with Crippen molar-refractivity contribution >= 4 is 17.3 Å². The minimum Gasteiger partial charge on any atom is -0.367 e. The number of carbonyl (C=O) groups is 1. The van der Waals surface area contributed by atoms with Crippen LogP contribution in [0.2, 0.25) is 0 Å². The van der Waals surface area contributed by atoms with Gasteiger partial charge in [-0.15, -0.1) is 0 Å². The first-order chi connectivity index (χ1) is 12.0. The van der Waals surface area contributed by atoms with E-state index >= 15 is 0 Å². The molecule has 0 bridgehead atoms. The molecule has 0 saturated carbocycles. The molecule has 1 aliphatic heterocycles. The molecule has 0 aromatic heterocycles. The summed E-state index contributed by atoms with van der Waals surface area (Å²) in [6.45, 7) is 3.40. The first kappa shape index (κ1) is 17.4. The summed E-state index contributed by atoms with van der Waals surface area (Å²) in [4.78, 5) is 19.1. The van der Waals surface area contributed by atoms with E-state index in [4.69, 9.17) is 0 Å². The van der Waals surface area contributed by atoms with E-state index in [0.717, 1.165) is 36.6 Å². The van der Waals surface area contributed by atoms with Crippen molar-refractivity contribution in [3.63, 3.8) is 0 Å². The maximum absolute atomic E-state index is 13.0. The molecule has 0 atom stereocenters. The van der Waals surface area contributed by atoms with Crippen LogP contribution in [0.3, 0.4) is 0 Å². The highest BCUT2D eigenvalue weighted by Crippen LogP contribution is 2.33. The fourth-order valence-electron chi connectivity index (χ4n) is 3.11. The smallest absolute Gasteiger partial charge is 0.231 e. The number of anilines is 2. The van der Waals surface area contributed by atoms with Crippen LogP contribution in [-0.2, 0) is 11.2 Å². The van der Waals surface area contributed by atoms with Gasteiger partial charge in [-0.1, -0.05) is 24.3 Å². The summed E-state index contributed by atoms with van der Waals surface area (Å²) in [5.41, 5.74) is 2.89. The highest BCUT2D eigenvalue weighted by molar-refractivity contribution is 5.98. The van der Waals surface area contributed by atoms with E-state index in [9.17, 15) is 9.18 Å². The lowest BCUT2D eigenvalue weighted by Gasteiger charge is -2.38. The Morgan fingerprint density at radius 2 is 1.72 bits per heavy atom. The number of hydrogen-bond acceptors (Lipinski definition) is 3. The average molecular weight is 341 g/mol. The molecule has 2 aromatic rings. The van der Waals surface area contributed by atoms with Gasteiger partial charge in [-0.05, 0) is 43.9 Å². The Kier molecular flexibility index (Phi) is 5.34. The lowest BCUT2D eigenvalue weighted by molar-refractivity contribution is -0.118. The third-order valence-electron chi connectivity index (χ3n) is 4.49. The fraction of sp³-hybridized carbons (Fsp3) is 0.350. The van der Waals surface area contributed by atoms with Crippen molar-refractivity contribution in [2.45, 2.75) is 6.42 Å². The maximum Gasteiger partial charge on any atom is 0.231 e. The van der Waals surface area contributed by atoms with Gasteiger partial charge in [0.05, 0.1) is 17.8 Å². The van der Waals surface area contributed by atoms with Gasteiger partial charge in [-0.25, -0.2) is 4.39 Å². The second-order valence-electron chi connectivity index (χ2n) is 6.63. The fourth-order valence-corrected chi connectivity index (χ4v) is 3.11. The van der Waals surface area contributed by atoms with E-state index in [-0.39, 0.29) is 18.1 Å².